The van der Waals surface area contributed by atoms with Crippen molar-refractivity contribution in [3.63, 3.8) is 0 Å². The van der Waals surface area contributed by atoms with Gasteiger partial charge in [0.05, 0.1) is 34.7 Å². The van der Waals surface area contributed by atoms with E-state index in [-0.39, 0.29) is 22.8 Å². The van der Waals surface area contributed by atoms with Gasteiger partial charge in [0.25, 0.3) is 5.69 Å². The maximum absolute atomic E-state index is 12.3. The molecule has 0 radical (unpaired) electrons. The first-order valence-electron chi connectivity index (χ1n) is 8.61. The average molecular weight is 409 g/mol. The fourth-order valence-electron chi connectivity index (χ4n) is 3.01. The van der Waals surface area contributed by atoms with E-state index in [4.69, 9.17) is 4.42 Å². The molecule has 1 N–H and O–H groups in total. The number of nitrogens with zero attached hydrogens (tertiary/aromatic N) is 3. The Balaban J connectivity index is 1.84. The first-order chi connectivity index (χ1) is 14.0. The van der Waals surface area contributed by atoms with Gasteiger partial charge in [0.1, 0.15) is 0 Å². The third-order valence-corrected chi connectivity index (χ3v) is 5.26. The van der Waals surface area contributed by atoms with Crippen molar-refractivity contribution in [3.05, 3.63) is 80.9 Å². The summed E-state index contributed by atoms with van der Waals surface area (Å²) < 4.78 is 6.96. The highest BCUT2D eigenvalue weighted by atomic mass is 32.1. The molecule has 3 aromatic heterocycles. The third kappa shape index (κ3) is 3.48. The molecule has 0 aliphatic heterocycles. The Morgan fingerprint density at radius 2 is 2.24 bits per heavy atom. The molecule has 0 saturated carbocycles. The molecule has 0 bridgehead atoms. The van der Waals surface area contributed by atoms with E-state index in [1.807, 2.05) is 17.5 Å². The van der Waals surface area contributed by atoms with Crippen molar-refractivity contribution in [1.29, 1.82) is 0 Å². The highest BCUT2D eigenvalue weighted by Crippen LogP contribution is 2.32. The SMILES string of the molecule is Cc1cn2c(C=CC(=O)c3ccco3)c(-c3ccc(CO)c([N+](=O)[O-])c3)nc2s1. The van der Waals surface area contributed by atoms with Crippen molar-refractivity contribution in [2.45, 2.75) is 13.5 Å². The number of carbonyl (C=O) groups excluding carboxylic acids is 1. The van der Waals surface area contributed by atoms with E-state index in [2.05, 4.69) is 4.98 Å². The molecule has 29 heavy (non-hydrogen) atoms. The number of aliphatic hydroxyl groups is 1. The van der Waals surface area contributed by atoms with Crippen LogP contribution in [0.4, 0.5) is 5.69 Å². The van der Waals surface area contributed by atoms with Gasteiger partial charge in [-0.15, -0.1) is 11.3 Å². The number of allylic oxidation sites excluding steroid dienone is 1. The summed E-state index contributed by atoms with van der Waals surface area (Å²) in [6, 6.07) is 7.77. The molecule has 0 saturated heterocycles. The van der Waals surface area contributed by atoms with Crippen LogP contribution in [-0.4, -0.2) is 25.2 Å². The number of thiazole rings is 1. The molecule has 4 rings (SSSR count). The van der Waals surface area contributed by atoms with Crippen LogP contribution in [0.2, 0.25) is 0 Å². The van der Waals surface area contributed by atoms with Gasteiger partial charge in [-0.25, -0.2) is 4.98 Å². The number of carbonyl (C=O) groups is 1. The summed E-state index contributed by atoms with van der Waals surface area (Å²) in [5.74, 6) is -0.0857. The summed E-state index contributed by atoms with van der Waals surface area (Å²) in [7, 11) is 0. The van der Waals surface area contributed by atoms with Gasteiger partial charge in [-0.2, -0.15) is 0 Å². The van der Waals surface area contributed by atoms with E-state index < -0.39 is 11.5 Å². The molecule has 0 aliphatic carbocycles. The zero-order chi connectivity index (χ0) is 20.5. The van der Waals surface area contributed by atoms with Crippen LogP contribution < -0.4 is 0 Å². The topological polar surface area (TPSA) is 111 Å². The second-order valence-electron chi connectivity index (χ2n) is 6.27. The maximum atomic E-state index is 12.3. The molecule has 0 unspecified atom stereocenters. The molecular weight excluding hydrogens is 394 g/mol. The Morgan fingerprint density at radius 1 is 1.41 bits per heavy atom. The molecule has 0 spiro atoms. The van der Waals surface area contributed by atoms with Crippen molar-refractivity contribution in [2.75, 3.05) is 0 Å². The summed E-state index contributed by atoms with van der Waals surface area (Å²) in [5, 5.41) is 20.7. The minimum atomic E-state index is -0.534. The average Bonchev–Trinajstić information content (AvgIpc) is 3.42. The lowest BCUT2D eigenvalue weighted by molar-refractivity contribution is -0.385. The summed E-state index contributed by atoms with van der Waals surface area (Å²) in [4.78, 5) is 29.5. The Kier molecular flexibility index (Phi) is 4.83. The number of rotatable bonds is 6. The molecule has 8 nitrogen and oxygen atoms in total. The Morgan fingerprint density at radius 3 is 2.93 bits per heavy atom. The zero-order valence-electron chi connectivity index (χ0n) is 15.2. The van der Waals surface area contributed by atoms with Crippen LogP contribution in [0, 0.1) is 17.0 Å². The monoisotopic (exact) mass is 409 g/mol. The molecule has 0 aliphatic rings. The second-order valence-corrected chi connectivity index (χ2v) is 7.49. The number of aromatic nitrogens is 2. The number of hydrogen-bond donors (Lipinski definition) is 1. The number of fused-ring (bicyclic) bond motifs is 1. The highest BCUT2D eigenvalue weighted by molar-refractivity contribution is 7.17. The highest BCUT2D eigenvalue weighted by Gasteiger charge is 2.19. The molecular formula is C20H15N3O5S. The van der Waals surface area contributed by atoms with Crippen molar-refractivity contribution >= 4 is 33.8 Å². The van der Waals surface area contributed by atoms with Gasteiger partial charge < -0.3 is 9.52 Å². The Labute approximate surface area is 168 Å². The number of nitro benzene ring substituents is 1. The lowest BCUT2D eigenvalue weighted by Gasteiger charge is -2.04. The quantitative estimate of drug-likeness (QED) is 0.220. The number of furan rings is 1. The van der Waals surface area contributed by atoms with Gasteiger partial charge in [0.2, 0.25) is 5.78 Å². The number of benzene rings is 1. The van der Waals surface area contributed by atoms with Crippen molar-refractivity contribution in [2.24, 2.45) is 0 Å². The zero-order valence-corrected chi connectivity index (χ0v) is 16.0. The van der Waals surface area contributed by atoms with E-state index in [1.54, 1.807) is 24.3 Å². The number of aryl methyl sites for hydroxylation is 1. The lowest BCUT2D eigenvalue weighted by Crippen LogP contribution is -1.97. The van der Waals surface area contributed by atoms with E-state index in [0.29, 0.717) is 21.9 Å². The van der Waals surface area contributed by atoms with E-state index >= 15 is 0 Å². The fourth-order valence-corrected chi connectivity index (χ4v) is 3.85. The summed E-state index contributed by atoms with van der Waals surface area (Å²) in [6.45, 7) is 1.51. The van der Waals surface area contributed by atoms with Gasteiger partial charge in [0, 0.05) is 22.7 Å². The van der Waals surface area contributed by atoms with E-state index in [9.17, 15) is 20.0 Å². The number of nitro groups is 1. The molecule has 4 aromatic rings. The summed E-state index contributed by atoms with van der Waals surface area (Å²) in [6.07, 6.45) is 6.32. The van der Waals surface area contributed by atoms with Gasteiger partial charge in [-0.1, -0.05) is 6.07 Å². The van der Waals surface area contributed by atoms with Gasteiger partial charge in [-0.3, -0.25) is 19.3 Å². The van der Waals surface area contributed by atoms with Crippen molar-refractivity contribution in [1.82, 2.24) is 9.38 Å². The number of ketones is 1. The van der Waals surface area contributed by atoms with Crippen LogP contribution in [0.5, 0.6) is 0 Å². The van der Waals surface area contributed by atoms with Crippen LogP contribution >= 0.6 is 11.3 Å². The number of imidazole rings is 1. The predicted octanol–water partition coefficient (Wildman–Crippen LogP) is 4.26. The third-order valence-electron chi connectivity index (χ3n) is 4.36. The first kappa shape index (κ1) is 18.8. The van der Waals surface area contributed by atoms with Crippen LogP contribution in [0.15, 0.2) is 53.3 Å². The minimum Gasteiger partial charge on any atom is -0.461 e. The van der Waals surface area contributed by atoms with Crippen molar-refractivity contribution in [3.8, 4) is 11.3 Å². The summed E-state index contributed by atoms with van der Waals surface area (Å²) >= 11 is 1.47. The maximum Gasteiger partial charge on any atom is 0.275 e. The van der Waals surface area contributed by atoms with Crippen LogP contribution in [0.25, 0.3) is 22.3 Å². The van der Waals surface area contributed by atoms with Crippen molar-refractivity contribution < 1.29 is 19.2 Å². The smallest absolute Gasteiger partial charge is 0.275 e. The van der Waals surface area contributed by atoms with Crippen LogP contribution in [0.3, 0.4) is 0 Å². The van der Waals surface area contributed by atoms with Crippen LogP contribution in [0.1, 0.15) is 26.7 Å². The van der Waals surface area contributed by atoms with Crippen LogP contribution in [-0.2, 0) is 6.61 Å². The number of aliphatic hydroxyl groups excluding tert-OH is 1. The van der Waals surface area contributed by atoms with E-state index in [0.717, 1.165) is 4.88 Å². The fraction of sp³-hybridized carbons (Fsp3) is 0.100. The van der Waals surface area contributed by atoms with Gasteiger partial charge in [0.15, 0.2) is 10.7 Å². The number of hydrogen-bond acceptors (Lipinski definition) is 7. The summed E-state index contributed by atoms with van der Waals surface area (Å²) in [5.41, 5.74) is 1.69. The molecule has 1 aromatic carbocycles. The Hall–Kier alpha value is -3.56. The molecule has 3 heterocycles. The minimum absolute atomic E-state index is 0.181. The molecule has 0 amide bonds. The molecule has 0 atom stereocenters. The largest absolute Gasteiger partial charge is 0.461 e. The van der Waals surface area contributed by atoms with E-state index in [1.165, 1.54) is 35.8 Å². The standard InChI is InChI=1S/C20H15N3O5S/c1-12-10-22-15(6-7-17(25)18-3-2-8-28-18)19(21-20(22)29-12)13-4-5-14(11-24)16(9-13)23(26)27/h2-10,24H,11H2,1H3. The van der Waals surface area contributed by atoms with Gasteiger partial charge in [-0.05, 0) is 37.3 Å². The predicted molar refractivity (Wildman–Crippen MR) is 108 cm³/mol. The first-order valence-corrected chi connectivity index (χ1v) is 9.42. The normalized spacial score (nSPS) is 11.5. The molecule has 146 valence electrons. The lowest BCUT2D eigenvalue weighted by atomic mass is 10.1. The molecule has 0 fully saturated rings. The Bertz CT molecular complexity index is 1250. The molecule has 9 heteroatoms. The van der Waals surface area contributed by atoms with Gasteiger partial charge >= 0.3 is 0 Å². The second kappa shape index (κ2) is 7.46.